The Kier molecular flexibility index (Phi) is 5.07. The Balaban J connectivity index is 1.42. The Labute approximate surface area is 164 Å². The minimum atomic E-state index is -0.0891. The van der Waals surface area contributed by atoms with Crippen molar-refractivity contribution in [2.24, 2.45) is 0 Å². The quantitative estimate of drug-likeness (QED) is 0.436. The molecule has 0 aliphatic carbocycles. The van der Waals surface area contributed by atoms with Crippen LogP contribution in [-0.2, 0) is 0 Å². The number of thioether (sulfide) groups is 1. The lowest BCUT2D eigenvalue weighted by molar-refractivity contribution is 0.102. The zero-order valence-electron chi connectivity index (χ0n) is 15.1. The smallest absolute Gasteiger partial charge is 0.277 e. The summed E-state index contributed by atoms with van der Waals surface area (Å²) in [5.41, 5.74) is 1.23. The first-order valence-electron chi connectivity index (χ1n) is 8.29. The fourth-order valence-electron chi connectivity index (χ4n) is 2.63. The molecule has 0 fully saturated rings. The lowest BCUT2D eigenvalue weighted by Gasteiger charge is -2.08. The number of methoxy groups -OCH3 is 2. The van der Waals surface area contributed by atoms with E-state index in [2.05, 4.69) is 10.2 Å². The molecule has 4 rings (SSSR count). The van der Waals surface area contributed by atoms with Crippen LogP contribution in [0.4, 0.5) is 0 Å². The molecule has 144 valence electrons. The van der Waals surface area contributed by atoms with Gasteiger partial charge >= 0.3 is 0 Å². The Hall–Kier alpha value is -3.20. The van der Waals surface area contributed by atoms with Gasteiger partial charge in [-0.3, -0.25) is 4.79 Å². The standard InChI is InChI=1S/C19H16N2O6S/c1-23-14-5-3-11(7-16(14)24-2)13(22)9-28-19-21-20-18(27-19)12-4-6-15-17(8-12)26-10-25-15/h3-8H,9-10H2,1-2H3. The van der Waals surface area contributed by atoms with Gasteiger partial charge in [-0.25, -0.2) is 0 Å². The Morgan fingerprint density at radius 3 is 2.68 bits per heavy atom. The van der Waals surface area contributed by atoms with Gasteiger partial charge in [0, 0.05) is 11.1 Å². The van der Waals surface area contributed by atoms with Gasteiger partial charge in [0.15, 0.2) is 28.8 Å². The molecule has 28 heavy (non-hydrogen) atoms. The van der Waals surface area contributed by atoms with E-state index < -0.39 is 0 Å². The lowest BCUT2D eigenvalue weighted by atomic mass is 10.1. The molecular formula is C19H16N2O6S. The summed E-state index contributed by atoms with van der Waals surface area (Å²) in [5, 5.41) is 8.33. The van der Waals surface area contributed by atoms with Crippen LogP contribution in [0.3, 0.4) is 0 Å². The predicted molar refractivity (Wildman–Crippen MR) is 100 cm³/mol. The summed E-state index contributed by atoms with van der Waals surface area (Å²) >= 11 is 1.17. The number of ketones is 1. The van der Waals surface area contributed by atoms with E-state index >= 15 is 0 Å². The van der Waals surface area contributed by atoms with E-state index in [1.807, 2.05) is 6.07 Å². The summed E-state index contributed by atoms with van der Waals surface area (Å²) in [6.45, 7) is 0.196. The molecule has 0 saturated carbocycles. The van der Waals surface area contributed by atoms with Crippen LogP contribution in [0.1, 0.15) is 10.4 Å². The maximum atomic E-state index is 12.5. The van der Waals surface area contributed by atoms with Gasteiger partial charge in [-0.2, -0.15) is 0 Å². The van der Waals surface area contributed by atoms with Crippen molar-refractivity contribution in [3.8, 4) is 34.5 Å². The van der Waals surface area contributed by atoms with E-state index in [4.69, 9.17) is 23.4 Å². The molecule has 0 bridgehead atoms. The van der Waals surface area contributed by atoms with Gasteiger partial charge in [0.1, 0.15) is 0 Å². The number of fused-ring (bicyclic) bond motifs is 1. The number of hydrogen-bond donors (Lipinski definition) is 0. The first kappa shape index (κ1) is 18.2. The minimum absolute atomic E-state index is 0.0891. The van der Waals surface area contributed by atoms with Crippen LogP contribution in [0, 0.1) is 0 Å². The number of Topliss-reactive ketones (excluding diaryl/α,β-unsaturated/α-hetero) is 1. The average Bonchev–Trinajstić information content (AvgIpc) is 3.40. The van der Waals surface area contributed by atoms with Gasteiger partial charge < -0.3 is 23.4 Å². The van der Waals surface area contributed by atoms with Crippen LogP contribution < -0.4 is 18.9 Å². The zero-order chi connectivity index (χ0) is 19.5. The molecule has 1 aliphatic rings. The molecule has 0 radical (unpaired) electrons. The Morgan fingerprint density at radius 1 is 1.04 bits per heavy atom. The van der Waals surface area contributed by atoms with Crippen molar-refractivity contribution in [1.82, 2.24) is 10.2 Å². The van der Waals surface area contributed by atoms with Crippen LogP contribution in [0.15, 0.2) is 46.0 Å². The van der Waals surface area contributed by atoms with E-state index in [0.29, 0.717) is 39.7 Å². The second-order valence-corrected chi connectivity index (χ2v) is 6.65. The Bertz CT molecular complexity index is 1020. The van der Waals surface area contributed by atoms with Crippen molar-refractivity contribution in [3.05, 3.63) is 42.0 Å². The van der Waals surface area contributed by atoms with Gasteiger partial charge in [-0.15, -0.1) is 10.2 Å². The fraction of sp³-hybridized carbons (Fsp3) is 0.211. The summed E-state index contributed by atoms with van der Waals surface area (Å²) in [6.07, 6.45) is 0. The molecular weight excluding hydrogens is 384 g/mol. The van der Waals surface area contributed by atoms with Crippen LogP contribution in [0.2, 0.25) is 0 Å². The maximum Gasteiger partial charge on any atom is 0.277 e. The molecule has 8 nitrogen and oxygen atoms in total. The highest BCUT2D eigenvalue weighted by Gasteiger charge is 2.18. The molecule has 2 aromatic carbocycles. The predicted octanol–water partition coefficient (Wildman–Crippen LogP) is 3.46. The monoisotopic (exact) mass is 400 g/mol. The maximum absolute atomic E-state index is 12.5. The van der Waals surface area contributed by atoms with Crippen molar-refractivity contribution >= 4 is 17.5 Å². The summed E-state index contributed by atoms with van der Waals surface area (Å²) in [7, 11) is 3.07. The van der Waals surface area contributed by atoms with Crippen LogP contribution >= 0.6 is 11.8 Å². The van der Waals surface area contributed by atoms with Crippen LogP contribution in [0.5, 0.6) is 23.0 Å². The van der Waals surface area contributed by atoms with E-state index in [9.17, 15) is 4.79 Å². The summed E-state index contributed by atoms with van der Waals surface area (Å²) in [4.78, 5) is 12.5. The topological polar surface area (TPSA) is 92.9 Å². The molecule has 1 aliphatic heterocycles. The molecule has 1 aromatic heterocycles. The average molecular weight is 400 g/mol. The molecule has 0 spiro atoms. The van der Waals surface area contributed by atoms with Gasteiger partial charge in [-0.05, 0) is 36.4 Å². The van der Waals surface area contributed by atoms with Gasteiger partial charge in [0.2, 0.25) is 12.7 Å². The number of nitrogens with zero attached hydrogens (tertiary/aromatic N) is 2. The van der Waals surface area contributed by atoms with Gasteiger partial charge in [0.25, 0.3) is 5.22 Å². The lowest BCUT2D eigenvalue weighted by Crippen LogP contribution is -2.03. The van der Waals surface area contributed by atoms with E-state index in [1.54, 1.807) is 37.4 Å². The highest BCUT2D eigenvalue weighted by atomic mass is 32.2. The molecule has 3 aromatic rings. The molecule has 0 N–H and O–H groups in total. The summed E-state index contributed by atoms with van der Waals surface area (Å²) < 4.78 is 26.7. The normalized spacial score (nSPS) is 12.1. The summed E-state index contributed by atoms with van der Waals surface area (Å²) in [6, 6.07) is 10.4. The van der Waals surface area contributed by atoms with E-state index in [0.717, 1.165) is 5.56 Å². The van der Waals surface area contributed by atoms with Gasteiger partial charge in [-0.1, -0.05) is 11.8 Å². The highest BCUT2D eigenvalue weighted by molar-refractivity contribution is 7.99. The van der Waals surface area contributed by atoms with Crippen LogP contribution in [-0.4, -0.2) is 42.7 Å². The minimum Gasteiger partial charge on any atom is -0.493 e. The zero-order valence-corrected chi connectivity index (χ0v) is 15.9. The van der Waals surface area contributed by atoms with E-state index in [-0.39, 0.29) is 18.3 Å². The number of aromatic nitrogens is 2. The summed E-state index contributed by atoms with van der Waals surface area (Å²) in [5.74, 6) is 2.79. The van der Waals surface area contributed by atoms with Crippen molar-refractivity contribution in [2.75, 3.05) is 26.8 Å². The molecule has 0 unspecified atom stereocenters. The van der Waals surface area contributed by atoms with Crippen molar-refractivity contribution in [2.45, 2.75) is 5.22 Å². The molecule has 0 saturated heterocycles. The second-order valence-electron chi connectivity index (χ2n) is 5.72. The number of benzene rings is 2. The highest BCUT2D eigenvalue weighted by Crippen LogP contribution is 2.36. The largest absolute Gasteiger partial charge is 0.493 e. The Morgan fingerprint density at radius 2 is 1.86 bits per heavy atom. The van der Waals surface area contributed by atoms with E-state index in [1.165, 1.54) is 18.9 Å². The second kappa shape index (κ2) is 7.81. The SMILES string of the molecule is COc1ccc(C(=O)CSc2nnc(-c3ccc4c(c3)OCO4)o2)cc1OC. The van der Waals surface area contributed by atoms with Crippen molar-refractivity contribution < 1.29 is 28.2 Å². The third kappa shape index (κ3) is 3.61. The first-order chi connectivity index (χ1) is 13.7. The first-order valence-corrected chi connectivity index (χ1v) is 9.28. The van der Waals surface area contributed by atoms with Gasteiger partial charge in [0.05, 0.1) is 20.0 Å². The number of rotatable bonds is 7. The molecule has 2 heterocycles. The molecule has 0 amide bonds. The fourth-order valence-corrected chi connectivity index (χ4v) is 3.29. The third-order valence-electron chi connectivity index (χ3n) is 4.06. The molecule has 0 atom stereocenters. The molecule has 9 heteroatoms. The number of hydrogen-bond acceptors (Lipinski definition) is 9. The van der Waals surface area contributed by atoms with Crippen molar-refractivity contribution in [3.63, 3.8) is 0 Å². The number of carbonyl (C=O) groups is 1. The number of ether oxygens (including phenoxy) is 4. The van der Waals surface area contributed by atoms with Crippen LogP contribution in [0.25, 0.3) is 11.5 Å². The third-order valence-corrected chi connectivity index (χ3v) is 4.88. The van der Waals surface area contributed by atoms with Crippen molar-refractivity contribution in [1.29, 1.82) is 0 Å². The number of carbonyl (C=O) groups excluding carboxylic acids is 1.